The zero-order valence-corrected chi connectivity index (χ0v) is 12.8. The van der Waals surface area contributed by atoms with E-state index in [9.17, 15) is 18.0 Å². The van der Waals surface area contributed by atoms with E-state index >= 15 is 0 Å². The van der Waals surface area contributed by atoms with Crippen molar-refractivity contribution in [1.29, 1.82) is 0 Å². The van der Waals surface area contributed by atoms with Crippen molar-refractivity contribution < 1.29 is 22.7 Å². The summed E-state index contributed by atoms with van der Waals surface area (Å²) in [5.41, 5.74) is 1.60. The Morgan fingerprint density at radius 3 is 2.43 bits per heavy atom. The molecular weight excluding hydrogens is 307 g/mol. The first-order valence-electron chi connectivity index (χ1n) is 7.63. The van der Waals surface area contributed by atoms with Crippen LogP contribution in [-0.4, -0.2) is 18.8 Å². The minimum absolute atomic E-state index is 0.0748. The van der Waals surface area contributed by atoms with Gasteiger partial charge in [-0.1, -0.05) is 11.6 Å². The van der Waals surface area contributed by atoms with Crippen molar-refractivity contribution in [3.63, 3.8) is 0 Å². The Morgan fingerprint density at radius 2 is 1.87 bits per heavy atom. The number of hydrogen-bond donors (Lipinski definition) is 0. The van der Waals surface area contributed by atoms with Crippen molar-refractivity contribution >= 4 is 11.6 Å². The molecule has 1 fully saturated rings. The van der Waals surface area contributed by atoms with Crippen LogP contribution in [0, 0.1) is 5.41 Å². The Bertz CT molecular complexity index is 636. The van der Waals surface area contributed by atoms with Gasteiger partial charge in [-0.3, -0.25) is 4.79 Å². The van der Waals surface area contributed by atoms with Gasteiger partial charge in [-0.05, 0) is 56.9 Å². The van der Waals surface area contributed by atoms with E-state index in [4.69, 9.17) is 0 Å². The molecule has 6 heteroatoms. The molecule has 0 saturated carbocycles. The SMILES string of the molecule is CC1=CC[C@@]2(CC1)CCN(c1ccc(OC(F)(F)F)cc1)C2=O. The number of alkyl halides is 3. The topological polar surface area (TPSA) is 29.5 Å². The highest BCUT2D eigenvalue weighted by atomic mass is 19.4. The molecule has 0 N–H and O–H groups in total. The fourth-order valence-corrected chi connectivity index (χ4v) is 3.33. The van der Waals surface area contributed by atoms with E-state index in [0.29, 0.717) is 12.2 Å². The maximum absolute atomic E-state index is 12.8. The van der Waals surface area contributed by atoms with Crippen LogP contribution in [0.2, 0.25) is 0 Å². The van der Waals surface area contributed by atoms with E-state index in [1.807, 2.05) is 0 Å². The molecule has 3 nitrogen and oxygen atoms in total. The van der Waals surface area contributed by atoms with Gasteiger partial charge in [-0.25, -0.2) is 0 Å². The van der Waals surface area contributed by atoms with Gasteiger partial charge in [0.05, 0.1) is 5.41 Å². The summed E-state index contributed by atoms with van der Waals surface area (Å²) < 4.78 is 40.4. The summed E-state index contributed by atoms with van der Waals surface area (Å²) in [6, 6.07) is 5.49. The predicted octanol–water partition coefficient (Wildman–Crippen LogP) is 4.44. The number of halogens is 3. The zero-order valence-electron chi connectivity index (χ0n) is 12.8. The first-order valence-corrected chi connectivity index (χ1v) is 7.63. The van der Waals surface area contributed by atoms with Crippen molar-refractivity contribution in [3.05, 3.63) is 35.9 Å². The molecule has 1 aliphatic heterocycles. The van der Waals surface area contributed by atoms with Gasteiger partial charge in [0, 0.05) is 12.2 Å². The molecule has 1 aromatic carbocycles. The number of anilines is 1. The molecule has 124 valence electrons. The summed E-state index contributed by atoms with van der Waals surface area (Å²) >= 11 is 0. The van der Waals surface area contributed by atoms with Crippen molar-refractivity contribution in [2.45, 2.75) is 39.0 Å². The molecule has 3 rings (SSSR count). The lowest BCUT2D eigenvalue weighted by Gasteiger charge is -2.30. The maximum Gasteiger partial charge on any atom is 0.573 e. The molecule has 0 aromatic heterocycles. The Hall–Kier alpha value is -1.98. The van der Waals surface area contributed by atoms with Crippen LogP contribution < -0.4 is 9.64 Å². The van der Waals surface area contributed by atoms with Crippen LogP contribution in [0.25, 0.3) is 0 Å². The molecule has 1 saturated heterocycles. The van der Waals surface area contributed by atoms with Crippen LogP contribution in [0.1, 0.15) is 32.6 Å². The average molecular weight is 325 g/mol. The van der Waals surface area contributed by atoms with Crippen LogP contribution in [0.3, 0.4) is 0 Å². The lowest BCUT2D eigenvalue weighted by molar-refractivity contribution is -0.274. The monoisotopic (exact) mass is 325 g/mol. The number of ether oxygens (including phenoxy) is 1. The molecular formula is C17H18F3NO2. The Labute approximate surface area is 132 Å². The lowest BCUT2D eigenvalue weighted by atomic mass is 9.74. The van der Waals surface area contributed by atoms with Crippen LogP contribution in [0.15, 0.2) is 35.9 Å². The fraction of sp³-hybridized carbons (Fsp3) is 0.471. The molecule has 0 radical (unpaired) electrons. The number of carbonyl (C=O) groups excluding carboxylic acids is 1. The van der Waals surface area contributed by atoms with Gasteiger partial charge >= 0.3 is 6.36 Å². The molecule has 1 spiro atoms. The Morgan fingerprint density at radius 1 is 1.17 bits per heavy atom. The second kappa shape index (κ2) is 5.58. The number of nitrogens with zero attached hydrogens (tertiary/aromatic N) is 1. The number of allylic oxidation sites excluding steroid dienone is 2. The molecule has 1 atom stereocenters. The van der Waals surface area contributed by atoms with E-state index in [1.54, 1.807) is 4.90 Å². The number of benzene rings is 1. The first-order chi connectivity index (χ1) is 10.8. The molecule has 1 aliphatic carbocycles. The molecule has 23 heavy (non-hydrogen) atoms. The van der Waals surface area contributed by atoms with Gasteiger partial charge in [0.1, 0.15) is 5.75 Å². The third kappa shape index (κ3) is 3.21. The molecule has 1 aromatic rings. The zero-order chi connectivity index (χ0) is 16.7. The smallest absolute Gasteiger partial charge is 0.406 e. The minimum Gasteiger partial charge on any atom is -0.406 e. The van der Waals surface area contributed by atoms with Crippen LogP contribution >= 0.6 is 0 Å². The standard InChI is InChI=1S/C17H18F3NO2/c1-12-6-8-16(9-7-12)10-11-21(15(16)22)13-2-4-14(5-3-13)23-17(18,19)20/h2-6H,7-11H2,1H3/t16-/m1/s1. The number of amides is 1. The highest BCUT2D eigenvalue weighted by Gasteiger charge is 2.46. The van der Waals surface area contributed by atoms with E-state index in [-0.39, 0.29) is 17.1 Å². The van der Waals surface area contributed by atoms with Crippen molar-refractivity contribution in [1.82, 2.24) is 0 Å². The summed E-state index contributed by atoms with van der Waals surface area (Å²) in [6.45, 7) is 2.68. The fourth-order valence-electron chi connectivity index (χ4n) is 3.33. The Kier molecular flexibility index (Phi) is 3.86. The number of carbonyl (C=O) groups is 1. The van der Waals surface area contributed by atoms with Gasteiger partial charge in [0.2, 0.25) is 5.91 Å². The third-order valence-electron chi connectivity index (χ3n) is 4.73. The van der Waals surface area contributed by atoms with E-state index in [1.165, 1.54) is 29.8 Å². The van der Waals surface area contributed by atoms with Crippen molar-refractivity contribution in [2.24, 2.45) is 5.41 Å². The molecule has 2 aliphatic rings. The van der Waals surface area contributed by atoms with Gasteiger partial charge in [-0.2, -0.15) is 0 Å². The molecule has 1 amide bonds. The summed E-state index contributed by atoms with van der Waals surface area (Å²) in [4.78, 5) is 14.5. The quantitative estimate of drug-likeness (QED) is 0.753. The average Bonchev–Trinajstić information content (AvgIpc) is 2.79. The minimum atomic E-state index is -4.71. The predicted molar refractivity (Wildman–Crippen MR) is 80.1 cm³/mol. The number of hydrogen-bond acceptors (Lipinski definition) is 2. The van der Waals surface area contributed by atoms with Gasteiger partial charge < -0.3 is 9.64 Å². The van der Waals surface area contributed by atoms with Crippen molar-refractivity contribution in [2.75, 3.05) is 11.4 Å². The van der Waals surface area contributed by atoms with Crippen molar-refractivity contribution in [3.8, 4) is 5.75 Å². The maximum atomic E-state index is 12.8. The highest BCUT2D eigenvalue weighted by molar-refractivity contribution is 6.00. The summed E-state index contributed by atoms with van der Waals surface area (Å²) in [5, 5.41) is 0. The number of rotatable bonds is 2. The van der Waals surface area contributed by atoms with Gasteiger partial charge in [0.15, 0.2) is 0 Å². The Balaban J connectivity index is 1.75. The summed E-state index contributed by atoms with van der Waals surface area (Å²) in [6.07, 6.45) is 0.740. The largest absolute Gasteiger partial charge is 0.573 e. The van der Waals surface area contributed by atoms with Crippen LogP contribution in [0.4, 0.5) is 18.9 Å². The van der Waals surface area contributed by atoms with Gasteiger partial charge in [-0.15, -0.1) is 13.2 Å². The second-order valence-corrected chi connectivity index (χ2v) is 6.28. The highest BCUT2D eigenvalue weighted by Crippen LogP contribution is 2.45. The van der Waals surface area contributed by atoms with E-state index in [2.05, 4.69) is 17.7 Å². The normalized spacial score (nSPS) is 25.0. The van der Waals surface area contributed by atoms with E-state index < -0.39 is 6.36 Å². The molecule has 0 bridgehead atoms. The summed E-state index contributed by atoms with van der Waals surface area (Å²) in [7, 11) is 0. The first kappa shape index (κ1) is 15.9. The third-order valence-corrected chi connectivity index (χ3v) is 4.73. The van der Waals surface area contributed by atoms with Crippen LogP contribution in [0.5, 0.6) is 5.75 Å². The van der Waals surface area contributed by atoms with E-state index in [0.717, 1.165) is 25.7 Å². The van der Waals surface area contributed by atoms with Crippen LogP contribution in [-0.2, 0) is 4.79 Å². The van der Waals surface area contributed by atoms with Gasteiger partial charge in [0.25, 0.3) is 0 Å². The molecule has 0 unspecified atom stereocenters. The second-order valence-electron chi connectivity index (χ2n) is 6.28. The summed E-state index contributed by atoms with van der Waals surface area (Å²) in [5.74, 6) is -0.204. The lowest BCUT2D eigenvalue weighted by Crippen LogP contribution is -2.35. The molecule has 1 heterocycles.